The summed E-state index contributed by atoms with van der Waals surface area (Å²) < 4.78 is 44.0. The maximum absolute atomic E-state index is 12.9. The molecule has 0 spiro atoms. The Labute approximate surface area is 131 Å². The number of H-pyrrole nitrogens is 2. The lowest BCUT2D eigenvalue weighted by molar-refractivity contribution is -0.137. The first kappa shape index (κ1) is 15.3. The third kappa shape index (κ3) is 2.97. The van der Waals surface area contributed by atoms with Gasteiger partial charge in [0.1, 0.15) is 5.75 Å². The Morgan fingerprint density at radius 3 is 2.00 bits per heavy atom. The fourth-order valence-corrected chi connectivity index (χ4v) is 2.68. The van der Waals surface area contributed by atoms with Gasteiger partial charge >= 0.3 is 6.18 Å². The monoisotopic (exact) mass is 320 g/mol. The molecule has 0 fully saturated rings. The van der Waals surface area contributed by atoms with Crippen molar-refractivity contribution in [2.45, 2.75) is 12.1 Å². The molecule has 0 aliphatic rings. The third-order valence-electron chi connectivity index (χ3n) is 3.74. The van der Waals surface area contributed by atoms with Crippen LogP contribution in [0.25, 0.3) is 0 Å². The number of hydrogen-bond acceptors (Lipinski definition) is 1. The smallest absolute Gasteiger partial charge is 0.416 e. The highest BCUT2D eigenvalue weighted by Gasteiger charge is 2.32. The highest BCUT2D eigenvalue weighted by molar-refractivity contribution is 5.48. The minimum Gasteiger partial charge on any atom is -0.496 e. The quantitative estimate of drug-likeness (QED) is 0.727. The van der Waals surface area contributed by atoms with Crippen LogP contribution in [0.5, 0.6) is 5.75 Å². The van der Waals surface area contributed by atoms with Crippen molar-refractivity contribution in [1.82, 2.24) is 9.97 Å². The molecule has 0 aliphatic heterocycles. The summed E-state index contributed by atoms with van der Waals surface area (Å²) in [5.41, 5.74) is 1.66. The van der Waals surface area contributed by atoms with Gasteiger partial charge in [0.25, 0.3) is 0 Å². The number of halogens is 3. The number of alkyl halides is 3. The van der Waals surface area contributed by atoms with Crippen LogP contribution >= 0.6 is 0 Å². The van der Waals surface area contributed by atoms with Gasteiger partial charge in [0.05, 0.1) is 18.6 Å². The van der Waals surface area contributed by atoms with Crippen molar-refractivity contribution in [3.8, 4) is 5.75 Å². The Kier molecular flexibility index (Phi) is 3.90. The van der Waals surface area contributed by atoms with E-state index in [1.165, 1.54) is 13.2 Å². The fourth-order valence-electron chi connectivity index (χ4n) is 2.68. The van der Waals surface area contributed by atoms with Crippen molar-refractivity contribution in [3.63, 3.8) is 0 Å². The number of benzene rings is 1. The molecule has 2 aromatic heterocycles. The normalized spacial score (nSPS) is 11.9. The second-order valence-corrected chi connectivity index (χ2v) is 5.14. The Balaban J connectivity index is 2.13. The van der Waals surface area contributed by atoms with Gasteiger partial charge in [0, 0.05) is 29.3 Å². The number of aromatic amines is 2. The fraction of sp³-hybridized carbons (Fsp3) is 0.176. The maximum atomic E-state index is 12.9. The van der Waals surface area contributed by atoms with Crippen molar-refractivity contribution in [1.29, 1.82) is 0 Å². The van der Waals surface area contributed by atoms with Crippen LogP contribution in [0, 0.1) is 0 Å². The molecule has 2 N–H and O–H groups in total. The molecule has 3 aromatic rings. The van der Waals surface area contributed by atoms with Crippen LogP contribution < -0.4 is 4.74 Å². The lowest BCUT2D eigenvalue weighted by Crippen LogP contribution is -2.09. The summed E-state index contributed by atoms with van der Waals surface area (Å²) in [7, 11) is 1.37. The van der Waals surface area contributed by atoms with E-state index in [4.69, 9.17) is 4.74 Å². The Bertz CT molecular complexity index is 727. The zero-order valence-electron chi connectivity index (χ0n) is 12.3. The molecule has 3 rings (SSSR count). The summed E-state index contributed by atoms with van der Waals surface area (Å²) in [6, 6.07) is 11.1. The van der Waals surface area contributed by atoms with Gasteiger partial charge in [0.2, 0.25) is 0 Å². The summed E-state index contributed by atoms with van der Waals surface area (Å²) in [5, 5.41) is 0. The summed E-state index contributed by atoms with van der Waals surface area (Å²) >= 11 is 0. The summed E-state index contributed by atoms with van der Waals surface area (Å²) in [6.45, 7) is 0. The zero-order chi connectivity index (χ0) is 16.4. The first-order valence-electron chi connectivity index (χ1n) is 7.02. The van der Waals surface area contributed by atoms with E-state index < -0.39 is 11.7 Å². The van der Waals surface area contributed by atoms with Crippen LogP contribution in [-0.2, 0) is 6.18 Å². The van der Waals surface area contributed by atoms with Gasteiger partial charge < -0.3 is 14.7 Å². The van der Waals surface area contributed by atoms with Gasteiger partial charge in [-0.2, -0.15) is 13.2 Å². The van der Waals surface area contributed by atoms with E-state index in [9.17, 15) is 13.2 Å². The molecule has 1 aromatic carbocycles. The molecule has 3 nitrogen and oxygen atoms in total. The number of methoxy groups -OCH3 is 1. The SMILES string of the molecule is COc1cc(C(F)(F)F)ccc1C(c1ccc[nH]1)c1ccc[nH]1. The molecule has 0 atom stereocenters. The second kappa shape index (κ2) is 5.87. The number of hydrogen-bond donors (Lipinski definition) is 2. The number of ether oxygens (including phenoxy) is 1. The number of nitrogens with one attached hydrogen (secondary N) is 2. The van der Waals surface area contributed by atoms with E-state index in [0.29, 0.717) is 5.56 Å². The van der Waals surface area contributed by atoms with E-state index in [-0.39, 0.29) is 11.7 Å². The van der Waals surface area contributed by atoms with Crippen LogP contribution in [-0.4, -0.2) is 17.1 Å². The van der Waals surface area contributed by atoms with Crippen molar-refractivity contribution >= 4 is 0 Å². The molecule has 0 amide bonds. The predicted molar refractivity (Wildman–Crippen MR) is 80.5 cm³/mol. The summed E-state index contributed by atoms with van der Waals surface area (Å²) in [4.78, 5) is 6.24. The summed E-state index contributed by atoms with van der Waals surface area (Å²) in [6.07, 6.45) is -0.843. The minimum absolute atomic E-state index is 0.203. The largest absolute Gasteiger partial charge is 0.496 e. The third-order valence-corrected chi connectivity index (χ3v) is 3.74. The predicted octanol–water partition coefficient (Wildman–Crippen LogP) is 4.55. The molecule has 0 aliphatic carbocycles. The number of rotatable bonds is 4. The van der Waals surface area contributed by atoms with E-state index >= 15 is 0 Å². The topological polar surface area (TPSA) is 40.8 Å². The Hall–Kier alpha value is -2.63. The Morgan fingerprint density at radius 2 is 1.57 bits per heavy atom. The second-order valence-electron chi connectivity index (χ2n) is 5.14. The van der Waals surface area contributed by atoms with Gasteiger partial charge in [-0.3, -0.25) is 0 Å². The molecular weight excluding hydrogens is 305 g/mol. The van der Waals surface area contributed by atoms with Crippen LogP contribution in [0.2, 0.25) is 0 Å². The van der Waals surface area contributed by atoms with Gasteiger partial charge in [-0.25, -0.2) is 0 Å². The molecule has 6 heteroatoms. The maximum Gasteiger partial charge on any atom is 0.416 e. The van der Waals surface area contributed by atoms with Crippen molar-refractivity contribution in [3.05, 3.63) is 77.4 Å². The van der Waals surface area contributed by atoms with Crippen molar-refractivity contribution in [2.75, 3.05) is 7.11 Å². The van der Waals surface area contributed by atoms with E-state index in [1.807, 2.05) is 24.3 Å². The van der Waals surface area contributed by atoms with Gasteiger partial charge in [-0.05, 0) is 36.4 Å². The first-order chi connectivity index (χ1) is 11.0. The van der Waals surface area contributed by atoms with Gasteiger partial charge in [-0.15, -0.1) is 0 Å². The van der Waals surface area contributed by atoms with Crippen LogP contribution in [0.3, 0.4) is 0 Å². The van der Waals surface area contributed by atoms with E-state index in [0.717, 1.165) is 23.5 Å². The lowest BCUT2D eigenvalue weighted by Gasteiger charge is -2.20. The van der Waals surface area contributed by atoms with E-state index in [1.54, 1.807) is 12.4 Å². The number of aromatic nitrogens is 2. The van der Waals surface area contributed by atoms with Crippen molar-refractivity contribution < 1.29 is 17.9 Å². The minimum atomic E-state index is -4.40. The molecular formula is C17H15F3N2O. The molecule has 0 saturated carbocycles. The summed E-state index contributed by atoms with van der Waals surface area (Å²) in [5.74, 6) is -0.0636. The molecule has 120 valence electrons. The standard InChI is InChI=1S/C17H15F3N2O/c1-23-15-10-11(17(18,19)20)6-7-12(15)16(13-4-2-8-21-13)14-5-3-9-22-14/h2-10,16,21-22H,1H3. The first-order valence-corrected chi connectivity index (χ1v) is 7.02. The van der Waals surface area contributed by atoms with Crippen LogP contribution in [0.15, 0.2) is 54.9 Å². The molecule has 0 saturated heterocycles. The van der Waals surface area contributed by atoms with Gasteiger partial charge in [0.15, 0.2) is 0 Å². The molecule has 0 bridgehead atoms. The van der Waals surface area contributed by atoms with Crippen LogP contribution in [0.4, 0.5) is 13.2 Å². The molecule has 2 heterocycles. The van der Waals surface area contributed by atoms with Crippen LogP contribution in [0.1, 0.15) is 28.4 Å². The average Bonchev–Trinajstić information content (AvgIpc) is 3.20. The highest BCUT2D eigenvalue weighted by Crippen LogP contribution is 2.39. The Morgan fingerprint density at radius 1 is 0.957 bits per heavy atom. The molecule has 23 heavy (non-hydrogen) atoms. The van der Waals surface area contributed by atoms with Crippen molar-refractivity contribution in [2.24, 2.45) is 0 Å². The van der Waals surface area contributed by atoms with Gasteiger partial charge in [-0.1, -0.05) is 6.07 Å². The molecule has 0 unspecified atom stereocenters. The lowest BCUT2D eigenvalue weighted by atomic mass is 9.91. The van der Waals surface area contributed by atoms with E-state index in [2.05, 4.69) is 9.97 Å². The zero-order valence-corrected chi connectivity index (χ0v) is 12.3. The average molecular weight is 320 g/mol. The highest BCUT2D eigenvalue weighted by atomic mass is 19.4. The molecule has 0 radical (unpaired) electrons.